The van der Waals surface area contributed by atoms with E-state index in [-0.39, 0.29) is 29.5 Å². The molecule has 2 rings (SSSR count). The van der Waals surface area contributed by atoms with E-state index in [2.05, 4.69) is 16.7 Å². The Labute approximate surface area is 138 Å². The average molecular weight is 320 g/mol. The second-order valence-corrected chi connectivity index (χ2v) is 7.29. The van der Waals surface area contributed by atoms with Crippen LogP contribution in [-0.2, 0) is 0 Å². The van der Waals surface area contributed by atoms with E-state index in [1.54, 1.807) is 6.92 Å². The molecule has 3 atom stereocenters. The Morgan fingerprint density at radius 1 is 1.39 bits per heavy atom. The summed E-state index contributed by atoms with van der Waals surface area (Å²) in [5, 5.41) is 15.4. The third kappa shape index (κ3) is 4.86. The molecule has 0 bridgehead atoms. The monoisotopic (exact) mass is 320 g/mol. The molecule has 1 aromatic carbocycles. The minimum absolute atomic E-state index is 0.0153. The number of nitrogens with one attached hydrogen (secondary N) is 2. The van der Waals surface area contributed by atoms with Gasteiger partial charge < -0.3 is 20.5 Å². The van der Waals surface area contributed by atoms with Crippen molar-refractivity contribution in [3.63, 3.8) is 0 Å². The maximum atomic E-state index is 12.1. The number of carbonyl (C=O) groups is 1. The lowest BCUT2D eigenvalue weighted by Crippen LogP contribution is -2.46. The summed E-state index contributed by atoms with van der Waals surface area (Å²) in [6, 6.07) is 7.76. The number of aliphatic hydroxyl groups excluding tert-OH is 1. The Morgan fingerprint density at radius 2 is 2.09 bits per heavy atom. The molecule has 1 aromatic rings. The Bertz CT molecular complexity index is 543. The molecule has 5 heteroatoms. The van der Waals surface area contributed by atoms with Crippen molar-refractivity contribution >= 4 is 6.03 Å². The summed E-state index contributed by atoms with van der Waals surface area (Å²) in [6.45, 7) is 8.94. The number of benzene rings is 1. The molecule has 0 spiro atoms. The SMILES string of the molecule is CC(O)CC(C)(C)CNC(=O)NC(C)C1COc2ccccc21. The van der Waals surface area contributed by atoms with Crippen LogP contribution in [0.1, 0.15) is 45.6 Å². The summed E-state index contributed by atoms with van der Waals surface area (Å²) in [5.41, 5.74) is 1.01. The lowest BCUT2D eigenvalue weighted by Gasteiger charge is -2.27. The third-order valence-corrected chi connectivity index (χ3v) is 4.27. The first kappa shape index (κ1) is 17.6. The molecule has 0 fully saturated rings. The van der Waals surface area contributed by atoms with Crippen molar-refractivity contribution in [3.8, 4) is 5.75 Å². The largest absolute Gasteiger partial charge is 0.493 e. The lowest BCUT2D eigenvalue weighted by molar-refractivity contribution is 0.128. The molecular formula is C18H28N2O3. The second kappa shape index (κ2) is 7.21. The molecule has 0 aromatic heterocycles. The van der Waals surface area contributed by atoms with E-state index in [9.17, 15) is 9.90 Å². The number of amides is 2. The molecule has 3 unspecified atom stereocenters. The summed E-state index contributed by atoms with van der Waals surface area (Å²) in [4.78, 5) is 12.1. The van der Waals surface area contributed by atoms with Gasteiger partial charge in [0.2, 0.25) is 0 Å². The fourth-order valence-electron chi connectivity index (χ4n) is 3.15. The van der Waals surface area contributed by atoms with E-state index in [0.717, 1.165) is 11.3 Å². The number of urea groups is 1. The second-order valence-electron chi connectivity index (χ2n) is 7.29. The summed E-state index contributed by atoms with van der Waals surface area (Å²) in [6.07, 6.45) is 0.271. The molecular weight excluding hydrogens is 292 g/mol. The number of para-hydroxylation sites is 1. The van der Waals surface area contributed by atoms with Gasteiger partial charge in [-0.3, -0.25) is 0 Å². The van der Waals surface area contributed by atoms with E-state index in [0.29, 0.717) is 19.6 Å². The van der Waals surface area contributed by atoms with Gasteiger partial charge in [-0.05, 0) is 31.7 Å². The van der Waals surface area contributed by atoms with Gasteiger partial charge in [0, 0.05) is 24.1 Å². The van der Waals surface area contributed by atoms with Crippen molar-refractivity contribution in [2.24, 2.45) is 5.41 Å². The standard InChI is InChI=1S/C18H28N2O3/c1-12(21)9-18(3,4)11-19-17(22)20-13(2)15-10-23-16-8-6-5-7-14(15)16/h5-8,12-13,15,21H,9-11H2,1-4H3,(H2,19,20,22). The summed E-state index contributed by atoms with van der Waals surface area (Å²) >= 11 is 0. The maximum Gasteiger partial charge on any atom is 0.315 e. The highest BCUT2D eigenvalue weighted by Crippen LogP contribution is 2.35. The Morgan fingerprint density at radius 3 is 2.78 bits per heavy atom. The predicted octanol–water partition coefficient (Wildman–Crippen LogP) is 2.65. The Balaban J connectivity index is 1.84. The van der Waals surface area contributed by atoms with E-state index >= 15 is 0 Å². The number of rotatable bonds is 6. The van der Waals surface area contributed by atoms with Gasteiger partial charge in [0.05, 0.1) is 12.7 Å². The van der Waals surface area contributed by atoms with Gasteiger partial charge in [-0.1, -0.05) is 32.0 Å². The number of fused-ring (bicyclic) bond motifs is 1. The first-order valence-electron chi connectivity index (χ1n) is 8.23. The molecule has 5 nitrogen and oxygen atoms in total. The smallest absolute Gasteiger partial charge is 0.315 e. The number of hydrogen-bond donors (Lipinski definition) is 3. The summed E-state index contributed by atoms with van der Waals surface area (Å²) < 4.78 is 5.67. The highest BCUT2D eigenvalue weighted by atomic mass is 16.5. The van der Waals surface area contributed by atoms with Crippen molar-refractivity contribution in [2.45, 2.75) is 52.2 Å². The van der Waals surface area contributed by atoms with Gasteiger partial charge in [0.25, 0.3) is 0 Å². The molecule has 0 saturated heterocycles. The zero-order valence-electron chi connectivity index (χ0n) is 14.4. The average Bonchev–Trinajstić information content (AvgIpc) is 2.88. The number of hydrogen-bond acceptors (Lipinski definition) is 3. The van der Waals surface area contributed by atoms with Crippen molar-refractivity contribution in [3.05, 3.63) is 29.8 Å². The van der Waals surface area contributed by atoms with Crippen LogP contribution in [0.2, 0.25) is 0 Å². The van der Waals surface area contributed by atoms with Crippen molar-refractivity contribution in [1.82, 2.24) is 10.6 Å². The summed E-state index contributed by atoms with van der Waals surface area (Å²) in [7, 11) is 0. The van der Waals surface area contributed by atoms with E-state index in [1.165, 1.54) is 0 Å². The molecule has 0 radical (unpaired) electrons. The molecule has 0 aliphatic carbocycles. The van der Waals surface area contributed by atoms with Crippen molar-refractivity contribution in [1.29, 1.82) is 0 Å². The molecule has 128 valence electrons. The fourth-order valence-corrected chi connectivity index (χ4v) is 3.15. The first-order valence-corrected chi connectivity index (χ1v) is 8.23. The topological polar surface area (TPSA) is 70.6 Å². The fraction of sp³-hybridized carbons (Fsp3) is 0.611. The zero-order chi connectivity index (χ0) is 17.0. The first-order chi connectivity index (χ1) is 10.8. The van der Waals surface area contributed by atoms with Crippen LogP contribution in [0.15, 0.2) is 24.3 Å². The van der Waals surface area contributed by atoms with Crippen LogP contribution in [-0.4, -0.2) is 36.4 Å². The predicted molar refractivity (Wildman–Crippen MR) is 90.8 cm³/mol. The van der Waals surface area contributed by atoms with Crippen LogP contribution in [0, 0.1) is 5.41 Å². The molecule has 1 aliphatic heterocycles. The molecule has 23 heavy (non-hydrogen) atoms. The minimum atomic E-state index is -0.374. The van der Waals surface area contributed by atoms with Crippen LogP contribution < -0.4 is 15.4 Å². The van der Waals surface area contributed by atoms with Gasteiger partial charge in [0.1, 0.15) is 5.75 Å². The third-order valence-electron chi connectivity index (χ3n) is 4.27. The normalized spacial score (nSPS) is 19.4. The van der Waals surface area contributed by atoms with Gasteiger partial charge in [-0.15, -0.1) is 0 Å². The quantitative estimate of drug-likeness (QED) is 0.754. The highest BCUT2D eigenvalue weighted by Gasteiger charge is 2.30. The molecule has 0 saturated carbocycles. The summed E-state index contributed by atoms with van der Waals surface area (Å²) in [5.74, 6) is 1.08. The van der Waals surface area contributed by atoms with Crippen LogP contribution in [0.3, 0.4) is 0 Å². The molecule has 2 amide bonds. The number of ether oxygens (including phenoxy) is 1. The minimum Gasteiger partial charge on any atom is -0.493 e. The van der Waals surface area contributed by atoms with Crippen LogP contribution in [0.4, 0.5) is 4.79 Å². The van der Waals surface area contributed by atoms with E-state index in [1.807, 2.05) is 39.0 Å². The lowest BCUT2D eigenvalue weighted by atomic mass is 9.87. The number of aliphatic hydroxyl groups is 1. The molecule has 3 N–H and O–H groups in total. The van der Waals surface area contributed by atoms with Gasteiger partial charge >= 0.3 is 6.03 Å². The van der Waals surface area contributed by atoms with Crippen LogP contribution in [0.25, 0.3) is 0 Å². The van der Waals surface area contributed by atoms with Crippen LogP contribution >= 0.6 is 0 Å². The van der Waals surface area contributed by atoms with Gasteiger partial charge in [-0.2, -0.15) is 0 Å². The van der Waals surface area contributed by atoms with E-state index < -0.39 is 0 Å². The van der Waals surface area contributed by atoms with Gasteiger partial charge in [0.15, 0.2) is 0 Å². The van der Waals surface area contributed by atoms with Crippen molar-refractivity contribution in [2.75, 3.05) is 13.2 Å². The maximum absolute atomic E-state index is 12.1. The Kier molecular flexibility index (Phi) is 5.52. The zero-order valence-corrected chi connectivity index (χ0v) is 14.4. The Hall–Kier alpha value is -1.75. The highest BCUT2D eigenvalue weighted by molar-refractivity contribution is 5.74. The van der Waals surface area contributed by atoms with Gasteiger partial charge in [-0.25, -0.2) is 4.79 Å². The number of carbonyl (C=O) groups excluding carboxylic acids is 1. The molecule has 1 aliphatic rings. The van der Waals surface area contributed by atoms with E-state index in [4.69, 9.17) is 4.74 Å². The van der Waals surface area contributed by atoms with Crippen LogP contribution in [0.5, 0.6) is 5.75 Å². The van der Waals surface area contributed by atoms with Crippen molar-refractivity contribution < 1.29 is 14.6 Å². The molecule has 1 heterocycles.